The lowest BCUT2D eigenvalue weighted by Crippen LogP contribution is -2.45. The number of aromatic nitrogens is 2. The van der Waals surface area contributed by atoms with Crippen LogP contribution in [0.5, 0.6) is 0 Å². The molecule has 10 heteroatoms. The third-order valence-corrected chi connectivity index (χ3v) is 7.68. The first-order valence-electron chi connectivity index (χ1n) is 15.0. The van der Waals surface area contributed by atoms with Crippen LogP contribution >= 0.6 is 11.6 Å². The molecule has 0 saturated heterocycles. The van der Waals surface area contributed by atoms with E-state index in [0.717, 1.165) is 27.1 Å². The lowest BCUT2D eigenvalue weighted by Gasteiger charge is -2.24. The number of benzene rings is 5. The Morgan fingerprint density at radius 2 is 0.894 bits per heavy atom. The molecule has 1 aromatic heterocycles. The van der Waals surface area contributed by atoms with Gasteiger partial charge in [-0.2, -0.15) is 0 Å². The summed E-state index contributed by atoms with van der Waals surface area (Å²) >= 11 is 6.31. The number of carbonyl (C=O) groups excluding carboxylic acids is 2. The first kappa shape index (κ1) is 31.2. The Morgan fingerprint density at radius 1 is 0.532 bits per heavy atom. The van der Waals surface area contributed by atoms with Crippen molar-refractivity contribution in [3.63, 3.8) is 0 Å². The number of hydrogen-bond acceptors (Lipinski definition) is 5. The summed E-state index contributed by atoms with van der Waals surface area (Å²) in [5.74, 6) is 0. The molecule has 0 aliphatic rings. The van der Waals surface area contributed by atoms with Crippen LogP contribution in [0.3, 0.4) is 0 Å². The minimum Gasteiger partial charge on any atom is -0.298 e. The summed E-state index contributed by atoms with van der Waals surface area (Å²) in [7, 11) is 0. The Kier molecular flexibility index (Phi) is 9.64. The number of halogens is 1. The number of carbonyl (C=O) groups is 2. The van der Waals surface area contributed by atoms with Crippen molar-refractivity contribution in [1.29, 1.82) is 0 Å². The topological polar surface area (TPSA) is 86.0 Å². The summed E-state index contributed by atoms with van der Waals surface area (Å²) in [6.45, 7) is 0.856. The number of amides is 2. The fraction of sp³-hybridized carbons (Fsp3) is 0.108. The van der Waals surface area contributed by atoms with E-state index in [9.17, 15) is 14.4 Å². The van der Waals surface area contributed by atoms with Gasteiger partial charge in [0.15, 0.2) is 0 Å². The molecule has 6 aromatic rings. The average molecular weight is 647 g/mol. The van der Waals surface area contributed by atoms with Crippen molar-refractivity contribution in [2.24, 2.45) is 0 Å². The highest BCUT2D eigenvalue weighted by Gasteiger charge is 2.26. The molecule has 0 fully saturated rings. The predicted octanol–water partition coefficient (Wildman–Crippen LogP) is 6.96. The third-order valence-electron chi connectivity index (χ3n) is 7.45. The quantitative estimate of drug-likeness (QED) is 0.161. The van der Waals surface area contributed by atoms with Crippen molar-refractivity contribution in [2.75, 3.05) is 0 Å². The highest BCUT2D eigenvalue weighted by Crippen LogP contribution is 2.19. The molecule has 5 aromatic carbocycles. The van der Waals surface area contributed by atoms with Crippen LogP contribution in [-0.4, -0.2) is 31.7 Å². The zero-order valence-electron chi connectivity index (χ0n) is 25.3. The van der Waals surface area contributed by atoms with E-state index in [0.29, 0.717) is 9.87 Å². The largest absolute Gasteiger partial charge is 0.436 e. The monoisotopic (exact) mass is 646 g/mol. The molecule has 1 heterocycles. The highest BCUT2D eigenvalue weighted by molar-refractivity contribution is 6.31. The molecule has 2 amide bonds. The second-order valence-electron chi connectivity index (χ2n) is 10.9. The summed E-state index contributed by atoms with van der Waals surface area (Å²) in [5, 5.41) is 0.441. The SMILES string of the molecule is O=C(On1c(=O)c2ccc(Cl)cc2n1OC(=O)N(Cc1ccccc1)Cc1ccccc1)N(Cc1ccccc1)Cc1ccccc1. The molecule has 9 nitrogen and oxygen atoms in total. The van der Waals surface area contributed by atoms with Crippen LogP contribution in [0, 0.1) is 0 Å². The van der Waals surface area contributed by atoms with E-state index >= 15 is 0 Å². The van der Waals surface area contributed by atoms with E-state index in [-0.39, 0.29) is 37.1 Å². The van der Waals surface area contributed by atoms with Crippen LogP contribution < -0.4 is 15.2 Å². The van der Waals surface area contributed by atoms with Gasteiger partial charge >= 0.3 is 17.7 Å². The first-order chi connectivity index (χ1) is 22.9. The van der Waals surface area contributed by atoms with Crippen molar-refractivity contribution < 1.29 is 19.3 Å². The molecule has 0 aliphatic heterocycles. The van der Waals surface area contributed by atoms with Gasteiger partial charge in [0, 0.05) is 31.2 Å². The van der Waals surface area contributed by atoms with Crippen LogP contribution in [-0.2, 0) is 26.2 Å². The molecule has 0 unspecified atom stereocenters. The number of fused-ring (bicyclic) bond motifs is 1. The predicted molar refractivity (Wildman–Crippen MR) is 179 cm³/mol. The van der Waals surface area contributed by atoms with Crippen LogP contribution in [0.25, 0.3) is 10.9 Å². The van der Waals surface area contributed by atoms with Crippen molar-refractivity contribution in [3.05, 3.63) is 177 Å². The van der Waals surface area contributed by atoms with Crippen LogP contribution in [0.1, 0.15) is 22.3 Å². The van der Waals surface area contributed by atoms with E-state index in [1.165, 1.54) is 28.0 Å². The van der Waals surface area contributed by atoms with Crippen molar-refractivity contribution in [1.82, 2.24) is 19.5 Å². The van der Waals surface area contributed by atoms with Crippen LogP contribution in [0.4, 0.5) is 9.59 Å². The van der Waals surface area contributed by atoms with Gasteiger partial charge in [0.1, 0.15) is 5.52 Å². The first-order valence-corrected chi connectivity index (χ1v) is 15.4. The maximum atomic E-state index is 13.9. The van der Waals surface area contributed by atoms with Gasteiger partial charge < -0.3 is 0 Å². The maximum Gasteiger partial charge on any atom is 0.436 e. The third kappa shape index (κ3) is 7.71. The molecule has 0 radical (unpaired) electrons. The summed E-state index contributed by atoms with van der Waals surface area (Å²) in [4.78, 5) is 57.5. The lowest BCUT2D eigenvalue weighted by molar-refractivity contribution is -0.0139. The van der Waals surface area contributed by atoms with E-state index in [2.05, 4.69) is 0 Å². The Bertz CT molecular complexity index is 1930. The number of nitrogens with zero attached hydrogens (tertiary/aromatic N) is 4. The Morgan fingerprint density at radius 3 is 1.28 bits per heavy atom. The molecule has 0 N–H and O–H groups in total. The fourth-order valence-electron chi connectivity index (χ4n) is 5.14. The lowest BCUT2D eigenvalue weighted by atomic mass is 10.2. The van der Waals surface area contributed by atoms with E-state index in [1.807, 2.05) is 121 Å². The molecule has 0 aliphatic carbocycles. The van der Waals surface area contributed by atoms with Gasteiger partial charge in [-0.25, -0.2) is 9.59 Å². The number of hydrogen-bond donors (Lipinski definition) is 0. The molecular formula is C37H31ClN4O5. The Balaban J connectivity index is 1.34. The van der Waals surface area contributed by atoms with Crippen LogP contribution in [0.2, 0.25) is 5.02 Å². The van der Waals surface area contributed by atoms with Gasteiger partial charge in [-0.1, -0.05) is 138 Å². The normalized spacial score (nSPS) is 10.8. The van der Waals surface area contributed by atoms with E-state index < -0.39 is 17.7 Å². The molecule has 6 rings (SSSR count). The molecule has 0 saturated carbocycles. The molecular weight excluding hydrogens is 616 g/mol. The summed E-state index contributed by atoms with van der Waals surface area (Å²) in [5.41, 5.74) is 2.94. The molecule has 0 bridgehead atoms. The molecule has 47 heavy (non-hydrogen) atoms. The van der Waals surface area contributed by atoms with E-state index in [4.69, 9.17) is 21.3 Å². The van der Waals surface area contributed by atoms with Crippen molar-refractivity contribution in [3.8, 4) is 0 Å². The minimum absolute atomic E-state index is 0.144. The average Bonchev–Trinajstić information content (AvgIpc) is 3.34. The Labute approximate surface area is 276 Å². The zero-order valence-corrected chi connectivity index (χ0v) is 26.1. The van der Waals surface area contributed by atoms with Gasteiger partial charge in [-0.05, 0) is 45.3 Å². The van der Waals surface area contributed by atoms with Gasteiger partial charge in [-0.15, -0.1) is 0 Å². The maximum absolute atomic E-state index is 13.9. The standard InChI is InChI=1S/C37H31ClN4O5/c38-32-21-22-33-34(23-32)41(46-36(44)39(24-28-13-5-1-6-14-28)25-29-15-7-2-8-16-29)42(35(33)43)47-37(45)40(26-30-17-9-3-10-18-30)27-31-19-11-4-12-20-31/h1-23H,24-27H2. The zero-order chi connectivity index (χ0) is 32.6. The van der Waals surface area contributed by atoms with Gasteiger partial charge in [0.2, 0.25) is 0 Å². The smallest absolute Gasteiger partial charge is 0.298 e. The highest BCUT2D eigenvalue weighted by atomic mass is 35.5. The molecule has 0 spiro atoms. The van der Waals surface area contributed by atoms with E-state index in [1.54, 1.807) is 0 Å². The summed E-state index contributed by atoms with van der Waals surface area (Å²) in [6, 6.07) is 42.3. The molecule has 236 valence electrons. The fourth-order valence-corrected chi connectivity index (χ4v) is 5.31. The van der Waals surface area contributed by atoms with Crippen molar-refractivity contribution >= 4 is 34.7 Å². The Hall–Kier alpha value is -5.80. The molecule has 0 atom stereocenters. The minimum atomic E-state index is -0.823. The number of rotatable bonds is 10. The van der Waals surface area contributed by atoms with Crippen molar-refractivity contribution in [2.45, 2.75) is 26.2 Å². The second kappa shape index (κ2) is 14.5. The van der Waals surface area contributed by atoms with Gasteiger partial charge in [0.25, 0.3) is 0 Å². The van der Waals surface area contributed by atoms with Gasteiger partial charge in [-0.3, -0.25) is 24.3 Å². The summed E-state index contributed by atoms with van der Waals surface area (Å²) < 4.78 is 0. The summed E-state index contributed by atoms with van der Waals surface area (Å²) in [6.07, 6.45) is -1.60. The van der Waals surface area contributed by atoms with Crippen LogP contribution in [0.15, 0.2) is 144 Å². The second-order valence-corrected chi connectivity index (χ2v) is 11.3. The van der Waals surface area contributed by atoms with Gasteiger partial charge in [0.05, 0.1) is 5.39 Å².